The highest BCUT2D eigenvalue weighted by Gasteiger charge is 2.14. The van der Waals surface area contributed by atoms with Gasteiger partial charge in [-0.25, -0.2) is 4.98 Å². The predicted molar refractivity (Wildman–Crippen MR) is 96.0 cm³/mol. The molecule has 1 unspecified atom stereocenters. The topological polar surface area (TPSA) is 42.2 Å². The highest BCUT2D eigenvalue weighted by Crippen LogP contribution is 2.27. The highest BCUT2D eigenvalue weighted by atomic mass is 15.2. The molecule has 2 aromatic carbocycles. The normalized spacial score (nSPS) is 12.0. The molecule has 3 rings (SSSR count). The molecule has 1 aromatic heterocycles. The van der Waals surface area contributed by atoms with Crippen LogP contribution in [0.3, 0.4) is 0 Å². The van der Waals surface area contributed by atoms with Crippen LogP contribution in [-0.4, -0.2) is 12.0 Å². The van der Waals surface area contributed by atoms with E-state index in [1.807, 2.05) is 61.8 Å². The summed E-state index contributed by atoms with van der Waals surface area (Å²) in [6.07, 6.45) is 1.89. The molecule has 1 atom stereocenters. The molecule has 0 aliphatic carbocycles. The van der Waals surface area contributed by atoms with Crippen molar-refractivity contribution in [2.75, 3.05) is 11.9 Å². The van der Waals surface area contributed by atoms with Crippen LogP contribution in [0.5, 0.6) is 0 Å². The van der Waals surface area contributed by atoms with Crippen molar-refractivity contribution < 1.29 is 0 Å². The van der Waals surface area contributed by atoms with Gasteiger partial charge in [-0.15, -0.1) is 0 Å². The smallest absolute Gasteiger partial charge is 0.132 e. The maximum Gasteiger partial charge on any atom is 0.132 e. The lowest BCUT2D eigenvalue weighted by molar-refractivity contribution is 0.851. The van der Waals surface area contributed by atoms with Gasteiger partial charge in [-0.05, 0) is 41.8 Å². The highest BCUT2D eigenvalue weighted by molar-refractivity contribution is 5.60. The molecule has 0 spiro atoms. The Morgan fingerprint density at radius 2 is 1.57 bits per heavy atom. The van der Waals surface area contributed by atoms with Gasteiger partial charge in [0.05, 0.1) is 6.04 Å². The van der Waals surface area contributed by atoms with Gasteiger partial charge < -0.3 is 10.6 Å². The number of hydrogen-bond acceptors (Lipinski definition) is 3. The molecule has 3 aromatic rings. The molecule has 1 heterocycles. The van der Waals surface area contributed by atoms with Crippen molar-refractivity contribution in [1.82, 2.24) is 4.98 Å². The van der Waals surface area contributed by atoms with Crippen molar-refractivity contribution in [2.45, 2.75) is 13.0 Å². The number of rotatable bonds is 4. The molecule has 0 saturated carbocycles. The van der Waals surface area contributed by atoms with E-state index in [-0.39, 0.29) is 6.04 Å². The van der Waals surface area contributed by atoms with Crippen molar-refractivity contribution in [3.8, 4) is 0 Å². The molecule has 0 amide bonds. The summed E-state index contributed by atoms with van der Waals surface area (Å²) in [4.78, 5) is 6.68. The van der Waals surface area contributed by atoms with E-state index in [0.717, 1.165) is 28.2 Å². The molecule has 0 bridgehead atoms. The third-order valence-corrected chi connectivity index (χ3v) is 4.12. The summed E-state index contributed by atoms with van der Waals surface area (Å²) in [5, 5.41) is 0. The second-order valence-electron chi connectivity index (χ2n) is 5.68. The van der Waals surface area contributed by atoms with Gasteiger partial charge in [0.15, 0.2) is 0 Å². The first-order valence-electron chi connectivity index (χ1n) is 7.72. The standard InChI is InChI=1S/C20H21N3/c1-15-13-19(23(2)17-11-7-4-8-12-17)22-14-18(15)20(21)16-9-5-3-6-10-16/h3-14,20H,21H2,1-2H3. The van der Waals surface area contributed by atoms with Crippen molar-refractivity contribution in [3.63, 3.8) is 0 Å². The Labute approximate surface area is 137 Å². The van der Waals surface area contributed by atoms with Gasteiger partial charge in [0.2, 0.25) is 0 Å². The molecular formula is C20H21N3. The van der Waals surface area contributed by atoms with Crippen LogP contribution in [0.2, 0.25) is 0 Å². The number of hydrogen-bond donors (Lipinski definition) is 1. The third-order valence-electron chi connectivity index (χ3n) is 4.12. The first-order valence-corrected chi connectivity index (χ1v) is 7.72. The molecule has 0 radical (unpaired) electrons. The van der Waals surface area contributed by atoms with Crippen LogP contribution < -0.4 is 10.6 Å². The van der Waals surface area contributed by atoms with Crippen LogP contribution in [0.4, 0.5) is 11.5 Å². The molecule has 23 heavy (non-hydrogen) atoms. The summed E-state index contributed by atoms with van der Waals surface area (Å²) >= 11 is 0. The number of nitrogens with two attached hydrogens (primary N) is 1. The Morgan fingerprint density at radius 3 is 2.17 bits per heavy atom. The molecule has 2 N–H and O–H groups in total. The number of nitrogens with zero attached hydrogens (tertiary/aromatic N) is 2. The Kier molecular flexibility index (Phi) is 4.40. The van der Waals surface area contributed by atoms with Crippen LogP contribution in [0, 0.1) is 6.92 Å². The van der Waals surface area contributed by atoms with E-state index in [2.05, 4.69) is 35.0 Å². The predicted octanol–water partition coefficient (Wildman–Crippen LogP) is 4.21. The third kappa shape index (κ3) is 3.25. The first-order chi connectivity index (χ1) is 11.2. The van der Waals surface area contributed by atoms with Crippen molar-refractivity contribution in [1.29, 1.82) is 0 Å². The summed E-state index contributed by atoms with van der Waals surface area (Å²) in [6.45, 7) is 2.09. The Balaban J connectivity index is 1.89. The van der Waals surface area contributed by atoms with E-state index in [4.69, 9.17) is 5.73 Å². The lowest BCUT2D eigenvalue weighted by Gasteiger charge is -2.21. The summed E-state index contributed by atoms with van der Waals surface area (Å²) in [5.74, 6) is 0.915. The van der Waals surface area contributed by atoms with Gasteiger partial charge in [0.1, 0.15) is 5.82 Å². The molecule has 0 aliphatic rings. The van der Waals surface area contributed by atoms with E-state index < -0.39 is 0 Å². The number of anilines is 2. The van der Waals surface area contributed by atoms with Gasteiger partial charge in [0.25, 0.3) is 0 Å². The van der Waals surface area contributed by atoms with Crippen LogP contribution in [0.1, 0.15) is 22.7 Å². The van der Waals surface area contributed by atoms with Crippen molar-refractivity contribution in [2.24, 2.45) is 5.73 Å². The molecule has 0 fully saturated rings. The zero-order valence-electron chi connectivity index (χ0n) is 13.5. The molecule has 3 heteroatoms. The second kappa shape index (κ2) is 6.63. The summed E-state index contributed by atoms with van der Waals surface area (Å²) in [5.41, 5.74) is 10.8. The summed E-state index contributed by atoms with van der Waals surface area (Å²) < 4.78 is 0. The summed E-state index contributed by atoms with van der Waals surface area (Å²) in [7, 11) is 2.02. The monoisotopic (exact) mass is 303 g/mol. The Bertz CT molecular complexity index is 769. The minimum atomic E-state index is -0.153. The van der Waals surface area contributed by atoms with E-state index in [9.17, 15) is 0 Å². The number of para-hydroxylation sites is 1. The fourth-order valence-electron chi connectivity index (χ4n) is 2.68. The fourth-order valence-corrected chi connectivity index (χ4v) is 2.68. The summed E-state index contributed by atoms with van der Waals surface area (Å²) in [6, 6.07) is 22.3. The first kappa shape index (κ1) is 15.3. The molecule has 0 saturated heterocycles. The lowest BCUT2D eigenvalue weighted by Crippen LogP contribution is -2.16. The van der Waals surface area contributed by atoms with Crippen LogP contribution >= 0.6 is 0 Å². The van der Waals surface area contributed by atoms with Gasteiger partial charge in [-0.1, -0.05) is 48.5 Å². The van der Waals surface area contributed by atoms with Crippen LogP contribution in [0.15, 0.2) is 72.9 Å². The van der Waals surface area contributed by atoms with Gasteiger partial charge in [0, 0.05) is 18.9 Å². The molecular weight excluding hydrogens is 282 g/mol. The SMILES string of the molecule is Cc1cc(N(C)c2ccccc2)ncc1C(N)c1ccccc1. The lowest BCUT2D eigenvalue weighted by atomic mass is 9.97. The minimum absolute atomic E-state index is 0.153. The molecule has 3 nitrogen and oxygen atoms in total. The fraction of sp³-hybridized carbons (Fsp3) is 0.150. The van der Waals surface area contributed by atoms with E-state index in [1.54, 1.807) is 0 Å². The average Bonchev–Trinajstić information content (AvgIpc) is 2.62. The van der Waals surface area contributed by atoms with E-state index >= 15 is 0 Å². The Morgan fingerprint density at radius 1 is 0.957 bits per heavy atom. The quantitative estimate of drug-likeness (QED) is 0.785. The van der Waals surface area contributed by atoms with Gasteiger partial charge in [-0.3, -0.25) is 0 Å². The number of pyridine rings is 1. The average molecular weight is 303 g/mol. The number of aromatic nitrogens is 1. The van der Waals surface area contributed by atoms with Gasteiger partial charge >= 0.3 is 0 Å². The maximum absolute atomic E-state index is 6.40. The molecule has 0 aliphatic heterocycles. The minimum Gasteiger partial charge on any atom is -0.329 e. The van der Waals surface area contributed by atoms with Gasteiger partial charge in [-0.2, -0.15) is 0 Å². The van der Waals surface area contributed by atoms with E-state index in [0.29, 0.717) is 0 Å². The largest absolute Gasteiger partial charge is 0.329 e. The maximum atomic E-state index is 6.40. The van der Waals surface area contributed by atoms with Crippen LogP contribution in [-0.2, 0) is 0 Å². The van der Waals surface area contributed by atoms with E-state index in [1.165, 1.54) is 0 Å². The van der Waals surface area contributed by atoms with Crippen molar-refractivity contribution in [3.05, 3.63) is 89.6 Å². The second-order valence-corrected chi connectivity index (χ2v) is 5.68. The number of benzene rings is 2. The van der Waals surface area contributed by atoms with Crippen LogP contribution in [0.25, 0.3) is 0 Å². The number of aryl methyl sites for hydroxylation is 1. The van der Waals surface area contributed by atoms with Crippen molar-refractivity contribution >= 4 is 11.5 Å². The molecule has 116 valence electrons. The zero-order chi connectivity index (χ0) is 16.2. The zero-order valence-corrected chi connectivity index (χ0v) is 13.5. The Hall–Kier alpha value is -2.65.